The van der Waals surface area contributed by atoms with Crippen molar-refractivity contribution in [3.63, 3.8) is 0 Å². The summed E-state index contributed by atoms with van der Waals surface area (Å²) in [7, 11) is 0. The molecule has 0 radical (unpaired) electrons. The van der Waals surface area contributed by atoms with Crippen molar-refractivity contribution < 1.29 is 4.84 Å². The molecular formula is C15H14ClNO. The predicted molar refractivity (Wildman–Crippen MR) is 73.7 cm³/mol. The standard InChI is InChI=1S/C15H14ClNO/c16-13-6-4-5-12(11-13)15-9-10-17(18-15)14-7-2-1-3-8-14/h1-8,11,15H,9-10H2. The van der Waals surface area contributed by atoms with E-state index in [0.717, 1.165) is 29.2 Å². The highest BCUT2D eigenvalue weighted by Gasteiger charge is 2.25. The van der Waals surface area contributed by atoms with Gasteiger partial charge in [-0.1, -0.05) is 41.9 Å². The summed E-state index contributed by atoms with van der Waals surface area (Å²) in [4.78, 5) is 5.96. The van der Waals surface area contributed by atoms with E-state index in [0.29, 0.717) is 0 Å². The maximum absolute atomic E-state index is 6.01. The first-order valence-corrected chi connectivity index (χ1v) is 6.45. The van der Waals surface area contributed by atoms with Crippen LogP contribution in [0.15, 0.2) is 54.6 Å². The number of hydroxylamine groups is 1. The highest BCUT2D eigenvalue weighted by Crippen LogP contribution is 2.32. The van der Waals surface area contributed by atoms with E-state index in [4.69, 9.17) is 16.4 Å². The Labute approximate surface area is 112 Å². The number of benzene rings is 2. The minimum absolute atomic E-state index is 0.101. The minimum atomic E-state index is 0.101. The normalized spacial score (nSPS) is 19.2. The summed E-state index contributed by atoms with van der Waals surface area (Å²) in [6.45, 7) is 0.904. The molecule has 1 heterocycles. The lowest BCUT2D eigenvalue weighted by atomic mass is 10.1. The average Bonchev–Trinajstić information content (AvgIpc) is 2.89. The first-order chi connectivity index (χ1) is 8.83. The van der Waals surface area contributed by atoms with Gasteiger partial charge in [0.25, 0.3) is 0 Å². The van der Waals surface area contributed by atoms with Crippen LogP contribution >= 0.6 is 11.6 Å². The molecule has 0 bridgehead atoms. The molecule has 1 aliphatic heterocycles. The quantitative estimate of drug-likeness (QED) is 0.801. The highest BCUT2D eigenvalue weighted by molar-refractivity contribution is 6.30. The van der Waals surface area contributed by atoms with Gasteiger partial charge >= 0.3 is 0 Å². The summed E-state index contributed by atoms with van der Waals surface area (Å²) in [6.07, 6.45) is 1.08. The smallest absolute Gasteiger partial charge is 0.112 e. The average molecular weight is 260 g/mol. The van der Waals surface area contributed by atoms with E-state index in [-0.39, 0.29) is 6.10 Å². The molecule has 0 N–H and O–H groups in total. The summed E-state index contributed by atoms with van der Waals surface area (Å²) in [6, 6.07) is 18.0. The molecule has 0 saturated carbocycles. The summed E-state index contributed by atoms with van der Waals surface area (Å²) in [5, 5.41) is 2.71. The molecular weight excluding hydrogens is 246 g/mol. The molecule has 2 aromatic carbocycles. The lowest BCUT2D eigenvalue weighted by Gasteiger charge is -2.18. The molecule has 0 amide bonds. The van der Waals surface area contributed by atoms with Gasteiger partial charge in [-0.15, -0.1) is 0 Å². The Morgan fingerprint density at radius 2 is 1.89 bits per heavy atom. The third kappa shape index (κ3) is 2.35. The Morgan fingerprint density at radius 1 is 1.06 bits per heavy atom. The molecule has 1 aliphatic rings. The third-order valence-corrected chi connectivity index (χ3v) is 3.35. The van der Waals surface area contributed by atoms with E-state index in [1.54, 1.807) is 0 Å². The number of hydrogen-bond donors (Lipinski definition) is 0. The second-order valence-electron chi connectivity index (χ2n) is 4.38. The Bertz CT molecular complexity index is 529. The van der Waals surface area contributed by atoms with Crippen LogP contribution in [0.25, 0.3) is 0 Å². The van der Waals surface area contributed by atoms with Crippen molar-refractivity contribution in [3.8, 4) is 0 Å². The molecule has 1 unspecified atom stereocenters. The van der Waals surface area contributed by atoms with Crippen LogP contribution in [0, 0.1) is 0 Å². The first-order valence-electron chi connectivity index (χ1n) is 6.08. The van der Waals surface area contributed by atoms with Gasteiger partial charge in [-0.2, -0.15) is 0 Å². The van der Waals surface area contributed by atoms with E-state index in [9.17, 15) is 0 Å². The second kappa shape index (κ2) is 5.01. The van der Waals surface area contributed by atoms with E-state index in [1.165, 1.54) is 0 Å². The van der Waals surface area contributed by atoms with Crippen LogP contribution in [0.4, 0.5) is 5.69 Å². The lowest BCUT2D eigenvalue weighted by Crippen LogP contribution is -2.16. The molecule has 0 spiro atoms. The van der Waals surface area contributed by atoms with E-state index < -0.39 is 0 Å². The largest absolute Gasteiger partial charge is 0.265 e. The number of para-hydroxylation sites is 1. The van der Waals surface area contributed by atoms with Crippen molar-refractivity contribution in [2.24, 2.45) is 0 Å². The molecule has 1 fully saturated rings. The van der Waals surface area contributed by atoms with Crippen LogP contribution in [0.1, 0.15) is 18.1 Å². The van der Waals surface area contributed by atoms with Crippen molar-refractivity contribution in [1.29, 1.82) is 0 Å². The predicted octanol–water partition coefficient (Wildman–Crippen LogP) is 4.22. The van der Waals surface area contributed by atoms with Gasteiger partial charge in [0, 0.05) is 18.0 Å². The molecule has 3 heteroatoms. The molecule has 18 heavy (non-hydrogen) atoms. The van der Waals surface area contributed by atoms with Crippen LogP contribution in [-0.4, -0.2) is 6.54 Å². The monoisotopic (exact) mass is 259 g/mol. The number of anilines is 1. The lowest BCUT2D eigenvalue weighted by molar-refractivity contribution is 0.0879. The van der Waals surface area contributed by atoms with Crippen LogP contribution in [0.5, 0.6) is 0 Å². The zero-order valence-corrected chi connectivity index (χ0v) is 10.7. The molecule has 3 rings (SSSR count). The van der Waals surface area contributed by atoms with E-state index in [2.05, 4.69) is 18.2 Å². The van der Waals surface area contributed by atoms with Gasteiger partial charge in [-0.25, -0.2) is 0 Å². The molecule has 1 saturated heterocycles. The summed E-state index contributed by atoms with van der Waals surface area (Å²) >= 11 is 6.01. The number of nitrogens with zero attached hydrogens (tertiary/aromatic N) is 1. The molecule has 92 valence electrons. The third-order valence-electron chi connectivity index (χ3n) is 3.11. The van der Waals surface area contributed by atoms with Gasteiger partial charge in [-0.3, -0.25) is 9.90 Å². The second-order valence-corrected chi connectivity index (χ2v) is 4.81. The van der Waals surface area contributed by atoms with Crippen molar-refractivity contribution >= 4 is 17.3 Å². The fourth-order valence-corrected chi connectivity index (χ4v) is 2.41. The summed E-state index contributed by atoms with van der Waals surface area (Å²) in [5.41, 5.74) is 2.24. The molecule has 0 aliphatic carbocycles. The van der Waals surface area contributed by atoms with Gasteiger partial charge in [0.2, 0.25) is 0 Å². The number of rotatable bonds is 2. The van der Waals surface area contributed by atoms with Crippen molar-refractivity contribution in [2.75, 3.05) is 11.6 Å². The number of hydrogen-bond acceptors (Lipinski definition) is 2. The zero-order chi connectivity index (χ0) is 12.4. The van der Waals surface area contributed by atoms with E-state index in [1.807, 2.05) is 41.5 Å². The van der Waals surface area contributed by atoms with E-state index >= 15 is 0 Å². The van der Waals surface area contributed by atoms with Gasteiger partial charge in [0.15, 0.2) is 0 Å². The Morgan fingerprint density at radius 3 is 2.67 bits per heavy atom. The first kappa shape index (κ1) is 11.6. The van der Waals surface area contributed by atoms with Gasteiger partial charge in [0.05, 0.1) is 5.69 Å². The summed E-state index contributed by atoms with van der Waals surface area (Å²) < 4.78 is 0. The number of halogens is 1. The Balaban J connectivity index is 1.76. The minimum Gasteiger partial charge on any atom is -0.265 e. The van der Waals surface area contributed by atoms with Crippen molar-refractivity contribution in [1.82, 2.24) is 0 Å². The SMILES string of the molecule is Clc1cccc(C2CCN(c3ccccc3)O2)c1. The molecule has 1 atom stereocenters. The van der Waals surface area contributed by atoms with Crippen molar-refractivity contribution in [2.45, 2.75) is 12.5 Å². The Hall–Kier alpha value is -1.51. The summed E-state index contributed by atoms with van der Waals surface area (Å²) in [5.74, 6) is 0. The topological polar surface area (TPSA) is 12.5 Å². The van der Waals surface area contributed by atoms with Crippen LogP contribution in [0.2, 0.25) is 5.02 Å². The van der Waals surface area contributed by atoms with Gasteiger partial charge in [-0.05, 0) is 29.8 Å². The maximum Gasteiger partial charge on any atom is 0.112 e. The van der Waals surface area contributed by atoms with Crippen LogP contribution < -0.4 is 5.06 Å². The Kier molecular flexibility index (Phi) is 3.22. The molecule has 2 aromatic rings. The van der Waals surface area contributed by atoms with Gasteiger partial charge in [0.1, 0.15) is 6.10 Å². The van der Waals surface area contributed by atoms with Crippen LogP contribution in [0.3, 0.4) is 0 Å². The zero-order valence-electron chi connectivity index (χ0n) is 9.92. The molecule has 2 nitrogen and oxygen atoms in total. The van der Waals surface area contributed by atoms with Crippen molar-refractivity contribution in [3.05, 3.63) is 65.2 Å². The molecule has 0 aromatic heterocycles. The maximum atomic E-state index is 6.01. The fourth-order valence-electron chi connectivity index (χ4n) is 2.21. The van der Waals surface area contributed by atoms with Crippen LogP contribution in [-0.2, 0) is 4.84 Å². The fraction of sp³-hybridized carbons (Fsp3) is 0.200. The highest BCUT2D eigenvalue weighted by atomic mass is 35.5. The van der Waals surface area contributed by atoms with Gasteiger partial charge < -0.3 is 0 Å².